The third-order valence-electron chi connectivity index (χ3n) is 7.46. The molecule has 6 N–H and O–H groups in total. The van der Waals surface area contributed by atoms with Crippen molar-refractivity contribution in [2.45, 2.75) is 55.3 Å². The highest BCUT2D eigenvalue weighted by molar-refractivity contribution is 5.86. The molecule has 2 saturated heterocycles. The lowest BCUT2D eigenvalue weighted by Crippen LogP contribution is -2.61. The van der Waals surface area contributed by atoms with Crippen molar-refractivity contribution in [3.05, 3.63) is 46.6 Å². The van der Waals surface area contributed by atoms with Gasteiger partial charge in [0.25, 0.3) is 0 Å². The molecule has 2 fully saturated rings. The largest absolute Gasteiger partial charge is 0.496 e. The molecule has 1 aromatic heterocycles. The van der Waals surface area contributed by atoms with E-state index >= 15 is 0 Å². The van der Waals surface area contributed by atoms with Crippen LogP contribution in [0.1, 0.15) is 0 Å². The van der Waals surface area contributed by atoms with Crippen LogP contribution in [0.5, 0.6) is 23.0 Å². The fraction of sp³-hybridized carbons (Fsp3) is 0.483. The van der Waals surface area contributed by atoms with Crippen LogP contribution in [0.4, 0.5) is 0 Å². The smallest absolute Gasteiger partial charge is 0.229 e. The summed E-state index contributed by atoms with van der Waals surface area (Å²) < 4.78 is 44.2. The Hall–Kier alpha value is -3.51. The van der Waals surface area contributed by atoms with Crippen molar-refractivity contribution >= 4 is 11.0 Å². The maximum Gasteiger partial charge on any atom is 0.229 e. The Labute approximate surface area is 250 Å². The molecule has 5 rings (SSSR count). The first-order valence-corrected chi connectivity index (χ1v) is 13.6. The Bertz CT molecular complexity index is 1510. The van der Waals surface area contributed by atoms with Crippen LogP contribution >= 0.6 is 0 Å². The molecule has 240 valence electrons. The highest BCUT2D eigenvalue weighted by Gasteiger charge is 2.46. The third-order valence-corrected chi connectivity index (χ3v) is 7.46. The van der Waals surface area contributed by atoms with Gasteiger partial charge in [0.1, 0.15) is 71.0 Å². The average molecular weight is 623 g/mol. The van der Waals surface area contributed by atoms with Crippen LogP contribution in [0, 0.1) is 0 Å². The van der Waals surface area contributed by atoms with Crippen LogP contribution in [-0.4, -0.2) is 120 Å². The number of ether oxygens (including phenoxy) is 7. The summed E-state index contributed by atoms with van der Waals surface area (Å²) >= 11 is 0. The Morgan fingerprint density at radius 2 is 1.48 bits per heavy atom. The molecule has 0 saturated carbocycles. The minimum atomic E-state index is -1.73. The zero-order valence-corrected chi connectivity index (χ0v) is 23.9. The SMILES string of the molecule is COc1ccc(-c2cc(=O)c3c(OC)cc(O[C@@H]4O[C@H](CO[C@@H]5OC[C@@H](O)[C@H](O)[C@H]5O)[C@@H](O)[C@H](O)[C@H]4O)cc3o2)cc1OC. The summed E-state index contributed by atoms with van der Waals surface area (Å²) in [4.78, 5) is 13.1. The predicted molar refractivity (Wildman–Crippen MR) is 149 cm³/mol. The molecule has 15 heteroatoms. The molecule has 15 nitrogen and oxygen atoms in total. The quantitative estimate of drug-likeness (QED) is 0.171. The van der Waals surface area contributed by atoms with Gasteiger partial charge in [-0.05, 0) is 18.2 Å². The monoisotopic (exact) mass is 622 g/mol. The maximum atomic E-state index is 13.1. The van der Waals surface area contributed by atoms with Gasteiger partial charge in [0.15, 0.2) is 23.2 Å². The molecule has 3 aromatic rings. The first-order chi connectivity index (χ1) is 21.1. The number of aliphatic hydroxyl groups is 6. The second-order valence-electron chi connectivity index (χ2n) is 10.3. The number of benzene rings is 2. The molecule has 2 aliphatic heterocycles. The van der Waals surface area contributed by atoms with Gasteiger partial charge in [0.2, 0.25) is 6.29 Å². The van der Waals surface area contributed by atoms with E-state index in [9.17, 15) is 35.4 Å². The Balaban J connectivity index is 1.40. The fourth-order valence-corrected chi connectivity index (χ4v) is 4.99. The van der Waals surface area contributed by atoms with Crippen molar-refractivity contribution in [1.82, 2.24) is 0 Å². The number of hydrogen-bond donors (Lipinski definition) is 6. The van der Waals surface area contributed by atoms with E-state index in [-0.39, 0.29) is 34.8 Å². The van der Waals surface area contributed by atoms with Crippen molar-refractivity contribution in [3.8, 4) is 34.3 Å². The molecule has 2 aromatic carbocycles. The number of fused-ring (bicyclic) bond motifs is 1. The molecular weight excluding hydrogens is 588 g/mol. The van der Waals surface area contributed by atoms with E-state index in [1.54, 1.807) is 18.2 Å². The average Bonchev–Trinajstić information content (AvgIpc) is 3.03. The predicted octanol–water partition coefficient (Wildman–Crippen LogP) is -0.872. The van der Waals surface area contributed by atoms with Crippen LogP contribution in [0.2, 0.25) is 0 Å². The van der Waals surface area contributed by atoms with E-state index in [1.165, 1.54) is 39.5 Å². The summed E-state index contributed by atoms with van der Waals surface area (Å²) in [7, 11) is 4.32. The van der Waals surface area contributed by atoms with Crippen molar-refractivity contribution in [1.29, 1.82) is 0 Å². The van der Waals surface area contributed by atoms with Crippen LogP contribution < -0.4 is 24.4 Å². The topological polar surface area (TPSA) is 216 Å². The molecule has 0 unspecified atom stereocenters. The lowest BCUT2D eigenvalue weighted by atomic mass is 9.99. The highest BCUT2D eigenvalue weighted by atomic mass is 16.7. The standard InChI is InChI=1S/C29H34O15/c1-37-16-5-4-12(6-18(16)38-2)17-9-14(30)22-19(39-3)7-13(8-20(22)43-17)42-29-27(36)25(34)24(33)21(44-29)11-41-28-26(35)23(32)15(31)10-40-28/h4-9,15,21,23-29,31-36H,10-11H2,1-3H3/t15-,21-,23+,24-,25+,26-,27-,28+,29-/m1/s1. The van der Waals surface area contributed by atoms with Crippen molar-refractivity contribution < 1.29 is 68.2 Å². The molecule has 3 heterocycles. The second-order valence-corrected chi connectivity index (χ2v) is 10.3. The lowest BCUT2D eigenvalue weighted by molar-refractivity contribution is -0.307. The van der Waals surface area contributed by atoms with Gasteiger partial charge in [0, 0.05) is 23.8 Å². The summed E-state index contributed by atoms with van der Waals surface area (Å²) in [5.74, 6) is 1.23. The van der Waals surface area contributed by atoms with E-state index in [0.717, 1.165) is 0 Å². The lowest BCUT2D eigenvalue weighted by Gasteiger charge is -2.41. The van der Waals surface area contributed by atoms with Crippen molar-refractivity contribution in [3.63, 3.8) is 0 Å². The van der Waals surface area contributed by atoms with Crippen LogP contribution in [0.25, 0.3) is 22.3 Å². The maximum absolute atomic E-state index is 13.1. The Morgan fingerprint density at radius 1 is 0.773 bits per heavy atom. The van der Waals surface area contributed by atoms with Gasteiger partial charge >= 0.3 is 0 Å². The number of methoxy groups -OCH3 is 3. The normalized spacial score (nSPS) is 30.6. The van der Waals surface area contributed by atoms with Gasteiger partial charge in [-0.25, -0.2) is 0 Å². The second kappa shape index (κ2) is 13.2. The fourth-order valence-electron chi connectivity index (χ4n) is 4.99. The number of rotatable bonds is 9. The molecular formula is C29H34O15. The van der Waals surface area contributed by atoms with E-state index in [2.05, 4.69) is 0 Å². The van der Waals surface area contributed by atoms with Crippen LogP contribution in [0.15, 0.2) is 45.6 Å². The van der Waals surface area contributed by atoms with E-state index < -0.39 is 67.3 Å². The molecule has 0 aliphatic carbocycles. The molecule has 9 atom stereocenters. The molecule has 0 spiro atoms. The zero-order valence-electron chi connectivity index (χ0n) is 23.9. The van der Waals surface area contributed by atoms with E-state index in [1.807, 2.05) is 0 Å². The van der Waals surface area contributed by atoms with Crippen LogP contribution in [-0.2, 0) is 14.2 Å². The molecule has 0 radical (unpaired) electrons. The third kappa shape index (κ3) is 6.19. The van der Waals surface area contributed by atoms with Gasteiger partial charge in [-0.15, -0.1) is 0 Å². The zero-order chi connectivity index (χ0) is 31.7. The Morgan fingerprint density at radius 3 is 2.18 bits per heavy atom. The first-order valence-electron chi connectivity index (χ1n) is 13.6. The summed E-state index contributed by atoms with van der Waals surface area (Å²) in [6, 6.07) is 9.03. The molecule has 0 amide bonds. The molecule has 44 heavy (non-hydrogen) atoms. The highest BCUT2D eigenvalue weighted by Crippen LogP contribution is 2.36. The summed E-state index contributed by atoms with van der Waals surface area (Å²) in [6.07, 6.45) is -13.7. The van der Waals surface area contributed by atoms with Gasteiger partial charge in [-0.2, -0.15) is 0 Å². The summed E-state index contributed by atoms with van der Waals surface area (Å²) in [5, 5.41) is 61.3. The van der Waals surface area contributed by atoms with Crippen molar-refractivity contribution in [2.75, 3.05) is 34.5 Å². The minimum Gasteiger partial charge on any atom is -0.496 e. The van der Waals surface area contributed by atoms with Crippen molar-refractivity contribution in [2.24, 2.45) is 0 Å². The molecule has 0 bridgehead atoms. The van der Waals surface area contributed by atoms with Gasteiger partial charge < -0.3 is 68.2 Å². The Kier molecular flexibility index (Phi) is 9.59. The van der Waals surface area contributed by atoms with Gasteiger partial charge in [-0.1, -0.05) is 0 Å². The first kappa shape index (κ1) is 31.9. The number of aliphatic hydroxyl groups excluding tert-OH is 6. The van der Waals surface area contributed by atoms with Gasteiger partial charge in [0.05, 0.1) is 34.5 Å². The summed E-state index contributed by atoms with van der Waals surface area (Å²) in [6.45, 7) is -0.766. The number of hydrogen-bond acceptors (Lipinski definition) is 15. The van der Waals surface area contributed by atoms with Gasteiger partial charge in [-0.3, -0.25) is 4.79 Å². The summed E-state index contributed by atoms with van der Waals surface area (Å²) in [5.41, 5.74) is 0.187. The van der Waals surface area contributed by atoms with E-state index in [4.69, 9.17) is 37.6 Å². The molecule has 2 aliphatic rings. The van der Waals surface area contributed by atoms with E-state index in [0.29, 0.717) is 17.1 Å². The van der Waals surface area contributed by atoms with Crippen LogP contribution in [0.3, 0.4) is 0 Å². The minimum absolute atomic E-state index is 0.0254.